The Labute approximate surface area is 132 Å². The van der Waals surface area contributed by atoms with Gasteiger partial charge in [0.25, 0.3) is 0 Å². The number of aromatic nitrogens is 2. The van der Waals surface area contributed by atoms with E-state index in [1.165, 1.54) is 36.9 Å². The monoisotopic (exact) mass is 296 g/mol. The Morgan fingerprint density at radius 1 is 1.18 bits per heavy atom. The lowest BCUT2D eigenvalue weighted by molar-refractivity contribution is 0.741. The third-order valence-corrected chi connectivity index (χ3v) is 4.13. The van der Waals surface area contributed by atoms with Crippen LogP contribution in [0.1, 0.15) is 38.2 Å². The molecule has 0 fully saturated rings. The third-order valence-electron chi connectivity index (χ3n) is 4.13. The molecular weight excluding hydrogens is 272 g/mol. The summed E-state index contributed by atoms with van der Waals surface area (Å²) >= 11 is 0. The van der Waals surface area contributed by atoms with E-state index in [0.29, 0.717) is 0 Å². The fraction of sp³-hybridized carbons (Fsp3) is 0.444. The summed E-state index contributed by atoms with van der Waals surface area (Å²) in [6.07, 6.45) is 7.66. The highest BCUT2D eigenvalue weighted by molar-refractivity contribution is 5.66. The number of nitrogens with zero attached hydrogens (tertiary/aromatic N) is 3. The summed E-state index contributed by atoms with van der Waals surface area (Å²) in [7, 11) is 0. The van der Waals surface area contributed by atoms with Crippen molar-refractivity contribution in [3.63, 3.8) is 0 Å². The van der Waals surface area contributed by atoms with Crippen molar-refractivity contribution in [2.24, 2.45) is 0 Å². The third kappa shape index (κ3) is 3.38. The fourth-order valence-electron chi connectivity index (χ4n) is 2.95. The standard InChI is InChI=1S/C18H24N4/c1-2-3-6-11-19-17-13-18(21-14-20-17)22-12-7-9-15-8-4-5-10-16(15)22/h4-5,8,10,13-14H,2-3,6-7,9,11-12H2,1H3,(H,19,20,21). The van der Waals surface area contributed by atoms with Gasteiger partial charge in [-0.25, -0.2) is 9.97 Å². The number of para-hydroxylation sites is 1. The van der Waals surface area contributed by atoms with Gasteiger partial charge in [-0.2, -0.15) is 0 Å². The molecule has 0 saturated heterocycles. The fourth-order valence-corrected chi connectivity index (χ4v) is 2.95. The Kier molecular flexibility index (Phi) is 4.88. The molecule has 4 nitrogen and oxygen atoms in total. The van der Waals surface area contributed by atoms with Gasteiger partial charge in [0, 0.05) is 24.8 Å². The molecule has 1 aromatic carbocycles. The second kappa shape index (κ2) is 7.25. The highest BCUT2D eigenvalue weighted by Gasteiger charge is 2.18. The van der Waals surface area contributed by atoms with Crippen LogP contribution in [0.3, 0.4) is 0 Å². The van der Waals surface area contributed by atoms with Crippen molar-refractivity contribution in [3.05, 3.63) is 42.2 Å². The van der Waals surface area contributed by atoms with Crippen LogP contribution in [0, 0.1) is 0 Å². The SMILES string of the molecule is CCCCCNc1cc(N2CCCc3ccccc32)ncn1. The molecule has 2 heterocycles. The molecule has 3 rings (SSSR count). The number of aryl methyl sites for hydroxylation is 1. The molecule has 0 radical (unpaired) electrons. The quantitative estimate of drug-likeness (QED) is 0.813. The number of anilines is 3. The molecule has 0 saturated carbocycles. The number of unbranched alkanes of at least 4 members (excludes halogenated alkanes) is 2. The van der Waals surface area contributed by atoms with Crippen LogP contribution >= 0.6 is 0 Å². The largest absolute Gasteiger partial charge is 0.370 e. The molecular formula is C18H24N4. The minimum Gasteiger partial charge on any atom is -0.370 e. The molecule has 1 aliphatic heterocycles. The zero-order valence-electron chi connectivity index (χ0n) is 13.3. The van der Waals surface area contributed by atoms with E-state index in [4.69, 9.17) is 0 Å². The van der Waals surface area contributed by atoms with Gasteiger partial charge in [0.2, 0.25) is 0 Å². The maximum absolute atomic E-state index is 4.48. The van der Waals surface area contributed by atoms with Crippen LogP contribution in [0.4, 0.5) is 17.3 Å². The van der Waals surface area contributed by atoms with Crippen LogP contribution in [0.5, 0.6) is 0 Å². The molecule has 1 aliphatic rings. The van der Waals surface area contributed by atoms with Gasteiger partial charge in [-0.15, -0.1) is 0 Å². The van der Waals surface area contributed by atoms with E-state index in [1.807, 2.05) is 0 Å². The first-order valence-corrected chi connectivity index (χ1v) is 8.30. The number of hydrogen-bond donors (Lipinski definition) is 1. The predicted octanol–water partition coefficient (Wildman–Crippen LogP) is 4.16. The van der Waals surface area contributed by atoms with Crippen molar-refractivity contribution in [3.8, 4) is 0 Å². The first kappa shape index (κ1) is 14.8. The van der Waals surface area contributed by atoms with Crippen LogP contribution in [-0.2, 0) is 6.42 Å². The average Bonchev–Trinajstić information content (AvgIpc) is 2.58. The van der Waals surface area contributed by atoms with E-state index in [0.717, 1.165) is 31.1 Å². The summed E-state index contributed by atoms with van der Waals surface area (Å²) in [5, 5.41) is 3.41. The van der Waals surface area contributed by atoms with Crippen LogP contribution < -0.4 is 10.2 Å². The average molecular weight is 296 g/mol. The normalized spacial score (nSPS) is 13.8. The molecule has 1 aromatic heterocycles. The number of nitrogens with one attached hydrogen (secondary N) is 1. The first-order chi connectivity index (χ1) is 10.9. The van der Waals surface area contributed by atoms with Gasteiger partial charge in [0.1, 0.15) is 18.0 Å². The summed E-state index contributed by atoms with van der Waals surface area (Å²) in [6.45, 7) is 4.21. The zero-order valence-corrected chi connectivity index (χ0v) is 13.3. The van der Waals surface area contributed by atoms with Crippen molar-refractivity contribution in [2.45, 2.75) is 39.0 Å². The van der Waals surface area contributed by atoms with Gasteiger partial charge in [-0.3, -0.25) is 0 Å². The van der Waals surface area contributed by atoms with Crippen molar-refractivity contribution < 1.29 is 0 Å². The topological polar surface area (TPSA) is 41.0 Å². The van der Waals surface area contributed by atoms with Gasteiger partial charge in [0.05, 0.1) is 0 Å². The summed E-state index contributed by atoms with van der Waals surface area (Å²) in [6, 6.07) is 10.7. The number of rotatable bonds is 6. The molecule has 2 aromatic rings. The van der Waals surface area contributed by atoms with Crippen molar-refractivity contribution in [1.29, 1.82) is 0 Å². The smallest absolute Gasteiger partial charge is 0.138 e. The highest BCUT2D eigenvalue weighted by Crippen LogP contribution is 2.32. The molecule has 116 valence electrons. The van der Waals surface area contributed by atoms with Crippen molar-refractivity contribution in [2.75, 3.05) is 23.3 Å². The highest BCUT2D eigenvalue weighted by atomic mass is 15.2. The molecule has 4 heteroatoms. The van der Waals surface area contributed by atoms with Crippen LogP contribution in [0.2, 0.25) is 0 Å². The van der Waals surface area contributed by atoms with Crippen LogP contribution in [0.25, 0.3) is 0 Å². The van der Waals surface area contributed by atoms with Gasteiger partial charge < -0.3 is 10.2 Å². The Balaban J connectivity index is 1.75. The summed E-state index contributed by atoms with van der Waals surface area (Å²) in [5.41, 5.74) is 2.69. The Morgan fingerprint density at radius 2 is 2.09 bits per heavy atom. The zero-order chi connectivity index (χ0) is 15.2. The molecule has 1 N–H and O–H groups in total. The van der Waals surface area contributed by atoms with Gasteiger partial charge in [-0.05, 0) is 30.9 Å². The Bertz CT molecular complexity index is 612. The van der Waals surface area contributed by atoms with E-state index in [9.17, 15) is 0 Å². The molecule has 0 aliphatic carbocycles. The lowest BCUT2D eigenvalue weighted by atomic mass is 10.0. The van der Waals surface area contributed by atoms with E-state index in [1.54, 1.807) is 6.33 Å². The number of hydrogen-bond acceptors (Lipinski definition) is 4. The second-order valence-corrected chi connectivity index (χ2v) is 5.78. The minimum absolute atomic E-state index is 0.921. The van der Waals surface area contributed by atoms with Gasteiger partial charge in [-0.1, -0.05) is 38.0 Å². The molecule has 22 heavy (non-hydrogen) atoms. The number of fused-ring (bicyclic) bond motifs is 1. The molecule has 0 unspecified atom stereocenters. The Hall–Kier alpha value is -2.10. The predicted molar refractivity (Wildman–Crippen MR) is 91.8 cm³/mol. The maximum atomic E-state index is 4.48. The molecule has 0 amide bonds. The van der Waals surface area contributed by atoms with E-state index >= 15 is 0 Å². The molecule has 0 atom stereocenters. The minimum atomic E-state index is 0.921. The van der Waals surface area contributed by atoms with Crippen molar-refractivity contribution >= 4 is 17.3 Å². The van der Waals surface area contributed by atoms with Gasteiger partial charge in [0.15, 0.2) is 0 Å². The maximum Gasteiger partial charge on any atom is 0.138 e. The molecule has 0 bridgehead atoms. The van der Waals surface area contributed by atoms with Crippen LogP contribution in [0.15, 0.2) is 36.7 Å². The lowest BCUT2D eigenvalue weighted by Crippen LogP contribution is -2.25. The van der Waals surface area contributed by atoms with Crippen LogP contribution in [-0.4, -0.2) is 23.1 Å². The van der Waals surface area contributed by atoms with E-state index < -0.39 is 0 Å². The van der Waals surface area contributed by atoms with Crippen molar-refractivity contribution in [1.82, 2.24) is 9.97 Å². The second-order valence-electron chi connectivity index (χ2n) is 5.78. The summed E-state index contributed by atoms with van der Waals surface area (Å²) < 4.78 is 0. The summed E-state index contributed by atoms with van der Waals surface area (Å²) in [4.78, 5) is 11.1. The van der Waals surface area contributed by atoms with E-state index in [-0.39, 0.29) is 0 Å². The summed E-state index contributed by atoms with van der Waals surface area (Å²) in [5.74, 6) is 1.91. The molecule has 0 spiro atoms. The van der Waals surface area contributed by atoms with Gasteiger partial charge >= 0.3 is 0 Å². The first-order valence-electron chi connectivity index (χ1n) is 8.30. The lowest BCUT2D eigenvalue weighted by Gasteiger charge is -2.30. The van der Waals surface area contributed by atoms with E-state index in [2.05, 4.69) is 57.4 Å². The Morgan fingerprint density at radius 3 is 3.00 bits per heavy atom. The number of benzene rings is 1.